The number of fused-ring (bicyclic) bond motifs is 1. The number of sulfone groups is 1. The van der Waals surface area contributed by atoms with Crippen molar-refractivity contribution in [2.24, 2.45) is 0 Å². The SMILES string of the molecule is COc1ccc(F)cc1C(C)(C)CC(O)(CN1C=CS(=O)(=O)c2ccccc21)C(F)(F)F. The molecule has 0 saturated carbocycles. The molecule has 10 heteroatoms. The molecule has 0 fully saturated rings. The van der Waals surface area contributed by atoms with E-state index >= 15 is 0 Å². The lowest BCUT2D eigenvalue weighted by atomic mass is 9.74. The van der Waals surface area contributed by atoms with E-state index in [0.29, 0.717) is 0 Å². The second-order valence-corrected chi connectivity index (χ2v) is 10.2. The van der Waals surface area contributed by atoms with Crippen LogP contribution in [0.15, 0.2) is 59.0 Å². The first-order chi connectivity index (χ1) is 14.7. The van der Waals surface area contributed by atoms with Crippen molar-refractivity contribution in [3.63, 3.8) is 0 Å². The number of methoxy groups -OCH3 is 1. The molecule has 2 aromatic carbocycles. The minimum Gasteiger partial charge on any atom is -0.496 e. The minimum atomic E-state index is -5.07. The fourth-order valence-corrected chi connectivity index (χ4v) is 5.14. The number of ether oxygens (including phenoxy) is 1. The number of β-amino-alcohol motifs (C(OH)–C–C–N with tert-alkyl or cyclic N) is 1. The number of hydrogen-bond donors (Lipinski definition) is 1. The number of alkyl halides is 3. The lowest BCUT2D eigenvalue weighted by molar-refractivity contribution is -0.262. The Labute approximate surface area is 183 Å². The topological polar surface area (TPSA) is 66.8 Å². The maximum absolute atomic E-state index is 14.2. The van der Waals surface area contributed by atoms with E-state index in [0.717, 1.165) is 28.6 Å². The summed E-state index contributed by atoms with van der Waals surface area (Å²) in [6.07, 6.45) is -4.89. The highest BCUT2D eigenvalue weighted by molar-refractivity contribution is 7.94. The molecule has 2 aromatic rings. The van der Waals surface area contributed by atoms with E-state index in [9.17, 15) is 31.1 Å². The summed E-state index contributed by atoms with van der Waals surface area (Å²) in [7, 11) is -2.48. The Morgan fingerprint density at radius 3 is 2.38 bits per heavy atom. The smallest absolute Gasteiger partial charge is 0.418 e. The zero-order chi connectivity index (χ0) is 23.9. The highest BCUT2D eigenvalue weighted by Gasteiger charge is 2.57. The van der Waals surface area contributed by atoms with Gasteiger partial charge in [-0.3, -0.25) is 0 Å². The molecule has 1 N–H and O–H groups in total. The number of benzene rings is 2. The van der Waals surface area contributed by atoms with Crippen LogP contribution in [-0.4, -0.2) is 39.0 Å². The molecule has 1 aliphatic heterocycles. The summed E-state index contributed by atoms with van der Waals surface area (Å²) in [4.78, 5) is 0.904. The summed E-state index contributed by atoms with van der Waals surface area (Å²) in [5, 5.41) is 11.7. The van der Waals surface area contributed by atoms with E-state index in [2.05, 4.69) is 0 Å². The number of anilines is 1. The van der Waals surface area contributed by atoms with E-state index in [1.807, 2.05) is 0 Å². The standard InChI is InChI=1S/C22H23F4NO4S/c1-20(2,16-12-15(23)8-9-18(16)31-3)13-21(28,22(24,25)26)14-27-10-11-32(29,30)19-7-5-4-6-17(19)27/h4-12,28H,13-14H2,1-3H3. The minimum absolute atomic E-state index is 0.0267. The second-order valence-electron chi connectivity index (χ2n) is 8.36. The molecule has 1 aliphatic rings. The van der Waals surface area contributed by atoms with Crippen LogP contribution in [-0.2, 0) is 15.3 Å². The Balaban J connectivity index is 2.03. The zero-order valence-corrected chi connectivity index (χ0v) is 18.5. The number of aliphatic hydroxyl groups is 1. The van der Waals surface area contributed by atoms with Gasteiger partial charge in [-0.25, -0.2) is 12.8 Å². The molecule has 0 aliphatic carbocycles. The second kappa shape index (κ2) is 8.08. The normalized spacial score (nSPS) is 17.6. The predicted molar refractivity (Wildman–Crippen MR) is 112 cm³/mol. The Bertz CT molecular complexity index is 1140. The van der Waals surface area contributed by atoms with Crippen molar-refractivity contribution in [2.45, 2.75) is 42.4 Å². The molecule has 174 valence electrons. The van der Waals surface area contributed by atoms with Gasteiger partial charge in [-0.15, -0.1) is 0 Å². The van der Waals surface area contributed by atoms with Crippen LogP contribution >= 0.6 is 0 Å². The van der Waals surface area contributed by atoms with Crippen molar-refractivity contribution in [3.05, 3.63) is 65.5 Å². The van der Waals surface area contributed by atoms with Gasteiger partial charge < -0.3 is 14.7 Å². The molecule has 0 amide bonds. The van der Waals surface area contributed by atoms with Crippen LogP contribution in [0, 0.1) is 5.82 Å². The van der Waals surface area contributed by atoms with E-state index in [1.54, 1.807) is 0 Å². The highest BCUT2D eigenvalue weighted by atomic mass is 32.2. The zero-order valence-electron chi connectivity index (χ0n) is 17.6. The van der Waals surface area contributed by atoms with Crippen LogP contribution < -0.4 is 9.64 Å². The quantitative estimate of drug-likeness (QED) is 0.623. The summed E-state index contributed by atoms with van der Waals surface area (Å²) in [6.45, 7) is 1.94. The van der Waals surface area contributed by atoms with Gasteiger partial charge in [0, 0.05) is 11.8 Å². The molecule has 0 aromatic heterocycles. The van der Waals surface area contributed by atoms with Gasteiger partial charge in [-0.1, -0.05) is 26.0 Å². The average molecular weight is 473 g/mol. The molecule has 5 nitrogen and oxygen atoms in total. The van der Waals surface area contributed by atoms with Crippen molar-refractivity contribution in [1.82, 2.24) is 0 Å². The lowest BCUT2D eigenvalue weighted by Gasteiger charge is -2.41. The van der Waals surface area contributed by atoms with Crippen molar-refractivity contribution >= 4 is 15.5 Å². The molecule has 0 saturated heterocycles. The Kier molecular flexibility index (Phi) is 6.07. The third-order valence-corrected chi connectivity index (χ3v) is 6.92. The molecule has 0 radical (unpaired) electrons. The van der Waals surface area contributed by atoms with Gasteiger partial charge in [0.05, 0.1) is 29.6 Å². The van der Waals surface area contributed by atoms with E-state index in [4.69, 9.17) is 4.74 Å². The van der Waals surface area contributed by atoms with Crippen molar-refractivity contribution in [3.8, 4) is 5.75 Å². The Morgan fingerprint density at radius 1 is 1.09 bits per heavy atom. The van der Waals surface area contributed by atoms with Gasteiger partial charge in [-0.05, 0) is 42.2 Å². The fourth-order valence-electron chi connectivity index (χ4n) is 3.94. The maximum atomic E-state index is 14.2. The van der Waals surface area contributed by atoms with Crippen molar-refractivity contribution < 1.29 is 35.8 Å². The molecule has 0 bridgehead atoms. The molecule has 32 heavy (non-hydrogen) atoms. The van der Waals surface area contributed by atoms with Crippen LogP contribution in [0.5, 0.6) is 5.75 Å². The highest BCUT2D eigenvalue weighted by Crippen LogP contribution is 2.45. The first-order valence-electron chi connectivity index (χ1n) is 9.62. The average Bonchev–Trinajstić information content (AvgIpc) is 2.69. The van der Waals surface area contributed by atoms with E-state index in [-0.39, 0.29) is 21.9 Å². The number of nitrogens with zero attached hydrogens (tertiary/aromatic N) is 1. The third kappa shape index (κ3) is 4.47. The predicted octanol–water partition coefficient (Wildman–Crippen LogP) is 4.56. The number of hydrogen-bond acceptors (Lipinski definition) is 5. The molecule has 1 heterocycles. The van der Waals surface area contributed by atoms with E-state index < -0.39 is 45.8 Å². The largest absolute Gasteiger partial charge is 0.496 e. The van der Waals surface area contributed by atoms with Gasteiger partial charge in [0.25, 0.3) is 0 Å². The summed E-state index contributed by atoms with van der Waals surface area (Å²) in [5.41, 5.74) is -4.42. The fraction of sp³-hybridized carbons (Fsp3) is 0.364. The van der Waals surface area contributed by atoms with Gasteiger partial charge in [-0.2, -0.15) is 13.2 Å². The number of rotatable bonds is 6. The molecule has 1 atom stereocenters. The molecular formula is C22H23F4NO4S. The van der Waals surface area contributed by atoms with Crippen LogP contribution in [0.1, 0.15) is 25.8 Å². The van der Waals surface area contributed by atoms with Crippen LogP contribution in [0.4, 0.5) is 23.2 Å². The molecule has 0 spiro atoms. The van der Waals surface area contributed by atoms with E-state index in [1.165, 1.54) is 51.3 Å². The van der Waals surface area contributed by atoms with Gasteiger partial charge >= 0.3 is 6.18 Å². The summed E-state index contributed by atoms with van der Waals surface area (Å²) >= 11 is 0. The Morgan fingerprint density at radius 2 is 1.75 bits per heavy atom. The summed E-state index contributed by atoms with van der Waals surface area (Å²) < 4.78 is 86.1. The van der Waals surface area contributed by atoms with Gasteiger partial charge in [0.2, 0.25) is 9.84 Å². The third-order valence-electron chi connectivity index (χ3n) is 5.49. The first kappa shape index (κ1) is 24.1. The summed E-state index contributed by atoms with van der Waals surface area (Å²) in [6, 6.07) is 9.14. The van der Waals surface area contributed by atoms with Crippen LogP contribution in [0.3, 0.4) is 0 Å². The summed E-state index contributed by atoms with van der Waals surface area (Å²) in [5.74, 6) is -0.460. The molecular weight excluding hydrogens is 450 g/mol. The van der Waals surface area contributed by atoms with Crippen molar-refractivity contribution in [1.29, 1.82) is 0 Å². The van der Waals surface area contributed by atoms with Crippen molar-refractivity contribution in [2.75, 3.05) is 18.6 Å². The molecule has 1 unspecified atom stereocenters. The van der Waals surface area contributed by atoms with Crippen LogP contribution in [0.2, 0.25) is 0 Å². The maximum Gasteiger partial charge on any atom is 0.418 e. The Hall–Kier alpha value is -2.59. The molecule has 3 rings (SSSR count). The van der Waals surface area contributed by atoms with Crippen LogP contribution in [0.25, 0.3) is 0 Å². The number of halogens is 4. The van der Waals surface area contributed by atoms with Gasteiger partial charge in [0.1, 0.15) is 11.6 Å². The lowest BCUT2D eigenvalue weighted by Crippen LogP contribution is -2.56. The van der Waals surface area contributed by atoms with Gasteiger partial charge in [0.15, 0.2) is 5.60 Å². The first-order valence-corrected chi connectivity index (χ1v) is 11.2. The monoisotopic (exact) mass is 473 g/mol. The number of para-hydroxylation sites is 1.